The molecular weight excluding hydrogens is 668 g/mol. The first-order chi connectivity index (χ1) is 24.7. The van der Waals surface area contributed by atoms with Crippen molar-refractivity contribution in [2.24, 2.45) is 0 Å². The second-order valence-corrected chi connectivity index (χ2v) is 14.5. The Morgan fingerprint density at radius 1 is 1.02 bits per heavy atom. The molecule has 51 heavy (non-hydrogen) atoms. The molecular formula is C38H45ClN8O4. The van der Waals surface area contributed by atoms with Gasteiger partial charge < -0.3 is 30.2 Å². The van der Waals surface area contributed by atoms with Crippen molar-refractivity contribution in [3.8, 4) is 12.3 Å². The van der Waals surface area contributed by atoms with Gasteiger partial charge in [-0.05, 0) is 76.0 Å². The summed E-state index contributed by atoms with van der Waals surface area (Å²) in [5.74, 6) is 2.33. The number of piperidine rings is 2. The number of nitrogens with two attached hydrogens (primary N) is 1. The van der Waals surface area contributed by atoms with Crippen molar-refractivity contribution in [1.82, 2.24) is 34.1 Å². The third-order valence-corrected chi connectivity index (χ3v) is 11.2. The molecule has 0 aliphatic carbocycles. The van der Waals surface area contributed by atoms with Crippen LogP contribution in [0, 0.1) is 12.3 Å². The van der Waals surface area contributed by atoms with Crippen molar-refractivity contribution in [3.63, 3.8) is 0 Å². The molecule has 0 bridgehead atoms. The Hall–Kier alpha value is -4.57. The van der Waals surface area contributed by atoms with E-state index >= 15 is 0 Å². The van der Waals surface area contributed by atoms with Gasteiger partial charge >= 0.3 is 11.8 Å². The van der Waals surface area contributed by atoms with Crippen LogP contribution in [-0.4, -0.2) is 118 Å². The number of hydrogen-bond acceptors (Lipinski definition) is 8. The number of nitrogens with zero attached hydrogens (tertiary/aromatic N) is 6. The van der Waals surface area contributed by atoms with Gasteiger partial charge in [0.2, 0.25) is 0 Å². The van der Waals surface area contributed by atoms with E-state index in [1.165, 1.54) is 0 Å². The fraction of sp³-hybridized carbons (Fsp3) is 0.474. The number of nitrogen functional groups attached to an aromatic ring is 1. The number of halogens is 1. The van der Waals surface area contributed by atoms with E-state index in [1.807, 2.05) is 29.2 Å². The number of fused-ring (bicyclic) bond motifs is 3. The molecule has 0 spiro atoms. The summed E-state index contributed by atoms with van der Waals surface area (Å²) in [4.78, 5) is 57.0. The summed E-state index contributed by atoms with van der Waals surface area (Å²) in [7, 11) is 2.17. The summed E-state index contributed by atoms with van der Waals surface area (Å²) in [5.41, 5.74) is 9.57. The minimum atomic E-state index is -1.07. The zero-order chi connectivity index (χ0) is 35.6. The highest BCUT2D eigenvalue weighted by atomic mass is 35.5. The predicted molar refractivity (Wildman–Crippen MR) is 199 cm³/mol. The fourth-order valence-corrected chi connectivity index (χ4v) is 8.22. The second kappa shape index (κ2) is 15.0. The van der Waals surface area contributed by atoms with E-state index < -0.39 is 12.2 Å². The van der Waals surface area contributed by atoms with Crippen LogP contribution >= 0.6 is 11.6 Å². The first-order valence-corrected chi connectivity index (χ1v) is 18.3. The van der Waals surface area contributed by atoms with Crippen LogP contribution in [0.15, 0.2) is 47.4 Å². The number of aromatic amines is 1. The molecule has 3 N–H and O–H groups in total. The number of carbonyl (C=O) groups is 2. The van der Waals surface area contributed by atoms with Gasteiger partial charge in [0.25, 0.3) is 5.91 Å². The lowest BCUT2D eigenvalue weighted by Crippen LogP contribution is -2.51. The molecule has 12 nitrogen and oxygen atoms in total. The number of ether oxygens (including phenoxy) is 1. The van der Waals surface area contributed by atoms with E-state index in [2.05, 4.69) is 32.7 Å². The standard InChI is InChI=1S/C38H45ClN8O4/c1-3-26-21-25(22-30(39)34(26)40)23-33(36(48)45-15-9-27(10-16-45)44-14-6-13-43(2)19-20-44)51-38(50)46-17-11-28(12-18-46)47-32-24-41-31-8-5-4-7-29(31)35(32)42-37(47)49/h1,4-5,7-8,21-22,24,27-28,33H,6,9-20,23,40H2,2H3,(H,42,49)/t33-/m1/s1. The summed E-state index contributed by atoms with van der Waals surface area (Å²) in [5, 5.41) is 1.18. The van der Waals surface area contributed by atoms with Gasteiger partial charge in [0, 0.05) is 68.7 Å². The van der Waals surface area contributed by atoms with E-state index in [9.17, 15) is 14.4 Å². The van der Waals surface area contributed by atoms with E-state index in [0.717, 1.165) is 67.4 Å². The van der Waals surface area contributed by atoms with Crippen LogP contribution in [0.4, 0.5) is 10.5 Å². The number of H-pyrrole nitrogens is 1. The largest absolute Gasteiger partial charge is 0.436 e. The number of anilines is 1. The van der Waals surface area contributed by atoms with Gasteiger partial charge in [-0.25, -0.2) is 9.59 Å². The van der Waals surface area contributed by atoms with Crippen LogP contribution < -0.4 is 11.4 Å². The molecule has 2 aromatic heterocycles. The summed E-state index contributed by atoms with van der Waals surface area (Å²) in [6.45, 7) is 6.18. The lowest BCUT2D eigenvalue weighted by Gasteiger charge is -2.39. The average Bonchev–Trinajstić information content (AvgIpc) is 3.34. The quantitative estimate of drug-likeness (QED) is 0.226. The van der Waals surface area contributed by atoms with E-state index in [0.29, 0.717) is 66.9 Å². The minimum Gasteiger partial charge on any atom is -0.436 e. The summed E-state index contributed by atoms with van der Waals surface area (Å²) in [6, 6.07) is 11.4. The topological polar surface area (TPSA) is 133 Å². The zero-order valence-electron chi connectivity index (χ0n) is 29.0. The van der Waals surface area contributed by atoms with Crippen LogP contribution in [0.2, 0.25) is 5.02 Å². The minimum absolute atomic E-state index is 0.111. The molecule has 3 fully saturated rings. The number of imidazole rings is 1. The molecule has 13 heteroatoms. The number of carbonyl (C=O) groups excluding carboxylic acids is 2. The molecule has 1 atom stereocenters. The van der Waals surface area contributed by atoms with Crippen molar-refractivity contribution < 1.29 is 14.3 Å². The summed E-state index contributed by atoms with van der Waals surface area (Å²) >= 11 is 6.41. The van der Waals surface area contributed by atoms with Crippen LogP contribution in [0.25, 0.3) is 21.9 Å². The van der Waals surface area contributed by atoms with Crippen molar-refractivity contribution in [2.75, 3.05) is 65.1 Å². The number of aromatic nitrogens is 3. The van der Waals surface area contributed by atoms with Crippen molar-refractivity contribution in [2.45, 2.75) is 56.7 Å². The Bertz CT molecular complexity index is 2020. The Labute approximate surface area is 302 Å². The number of pyridine rings is 1. The number of benzene rings is 2. The highest BCUT2D eigenvalue weighted by Crippen LogP contribution is 2.30. The molecule has 2 aromatic carbocycles. The number of nitrogens with one attached hydrogen (secondary N) is 1. The number of para-hydroxylation sites is 1. The zero-order valence-corrected chi connectivity index (χ0v) is 29.8. The highest BCUT2D eigenvalue weighted by molar-refractivity contribution is 6.33. The van der Waals surface area contributed by atoms with Crippen molar-refractivity contribution in [1.29, 1.82) is 0 Å². The number of rotatable bonds is 6. The third-order valence-electron chi connectivity index (χ3n) is 10.9. The highest BCUT2D eigenvalue weighted by Gasteiger charge is 2.35. The predicted octanol–water partition coefficient (Wildman–Crippen LogP) is 4.11. The molecule has 4 aromatic rings. The van der Waals surface area contributed by atoms with Gasteiger partial charge in [0.05, 0.1) is 33.5 Å². The number of hydrogen-bond donors (Lipinski definition) is 2. The van der Waals surface area contributed by atoms with Crippen LogP contribution in [-0.2, 0) is 16.0 Å². The Morgan fingerprint density at radius 2 is 1.75 bits per heavy atom. The smallest absolute Gasteiger partial charge is 0.410 e. The molecule has 268 valence electrons. The van der Waals surface area contributed by atoms with Crippen molar-refractivity contribution >= 4 is 51.2 Å². The van der Waals surface area contributed by atoms with E-state index in [4.69, 9.17) is 28.5 Å². The number of terminal acetylenes is 1. The van der Waals surface area contributed by atoms with Gasteiger partial charge in [-0.2, -0.15) is 0 Å². The molecule has 3 saturated heterocycles. The van der Waals surface area contributed by atoms with E-state index in [1.54, 1.807) is 27.8 Å². The summed E-state index contributed by atoms with van der Waals surface area (Å²) in [6.07, 6.45) is 9.88. The Balaban J connectivity index is 1.04. The number of likely N-dealkylation sites (tertiary alicyclic amines) is 2. The molecule has 3 aliphatic heterocycles. The summed E-state index contributed by atoms with van der Waals surface area (Å²) < 4.78 is 7.82. The maximum Gasteiger partial charge on any atom is 0.410 e. The molecule has 0 saturated carbocycles. The van der Waals surface area contributed by atoms with Gasteiger partial charge in [0.15, 0.2) is 6.10 Å². The number of likely N-dealkylation sites (N-methyl/N-ethyl adjacent to an activating group) is 1. The lowest BCUT2D eigenvalue weighted by molar-refractivity contribution is -0.142. The lowest BCUT2D eigenvalue weighted by atomic mass is 10.00. The van der Waals surface area contributed by atoms with E-state index in [-0.39, 0.29) is 24.1 Å². The Kier molecular flexibility index (Phi) is 10.2. The second-order valence-electron chi connectivity index (χ2n) is 14.1. The monoisotopic (exact) mass is 712 g/mol. The maximum absolute atomic E-state index is 14.1. The first kappa shape index (κ1) is 34.9. The molecule has 7 rings (SSSR count). The molecule has 0 radical (unpaired) electrons. The normalized spacial score (nSPS) is 19.2. The molecule has 5 heterocycles. The fourth-order valence-electron chi connectivity index (χ4n) is 7.98. The Morgan fingerprint density at radius 3 is 2.51 bits per heavy atom. The van der Waals surface area contributed by atoms with Crippen LogP contribution in [0.3, 0.4) is 0 Å². The molecule has 2 amide bonds. The van der Waals surface area contributed by atoms with Gasteiger partial charge in [-0.1, -0.05) is 35.7 Å². The van der Waals surface area contributed by atoms with Crippen LogP contribution in [0.1, 0.15) is 49.3 Å². The van der Waals surface area contributed by atoms with Crippen molar-refractivity contribution in [3.05, 3.63) is 69.2 Å². The average molecular weight is 713 g/mol. The van der Waals surface area contributed by atoms with Gasteiger partial charge in [0.1, 0.15) is 0 Å². The molecule has 0 unspecified atom stereocenters. The van der Waals surface area contributed by atoms with Crippen LogP contribution in [0.5, 0.6) is 0 Å². The third kappa shape index (κ3) is 7.29. The number of amides is 2. The maximum atomic E-state index is 14.1. The molecule has 3 aliphatic rings. The SMILES string of the molecule is C#Cc1cc(C[C@@H](OC(=O)N2CCC(n3c(=O)[nH]c4c5ccccc5ncc43)CC2)C(=O)N2CCC(N3CCCN(C)CC3)CC2)cc(Cl)c1N. The first-order valence-electron chi connectivity index (χ1n) is 17.9. The van der Waals surface area contributed by atoms with Gasteiger partial charge in [-0.15, -0.1) is 6.42 Å². The van der Waals surface area contributed by atoms with Gasteiger partial charge in [-0.3, -0.25) is 19.2 Å².